The number of nitrogens with zero attached hydrogens (tertiary/aromatic N) is 1. The Morgan fingerprint density at radius 3 is 3.00 bits per heavy atom. The molecule has 1 aromatic carbocycles. The van der Waals surface area contributed by atoms with E-state index in [1.165, 1.54) is 6.26 Å². The van der Waals surface area contributed by atoms with Crippen molar-refractivity contribution in [1.82, 2.24) is 4.98 Å². The Hall–Kier alpha value is -1.17. The fourth-order valence-corrected chi connectivity index (χ4v) is 2.47. The first-order chi connectivity index (χ1) is 8.69. The number of halogens is 1. The molecule has 0 saturated heterocycles. The maximum absolute atomic E-state index is 11.5. The minimum atomic E-state index is -1.12. The summed E-state index contributed by atoms with van der Waals surface area (Å²) in [4.78, 5) is 4.24. The molecule has 18 heavy (non-hydrogen) atoms. The predicted molar refractivity (Wildman–Crippen MR) is 70.7 cm³/mol. The summed E-state index contributed by atoms with van der Waals surface area (Å²) >= 11 is 5.88. The van der Waals surface area contributed by atoms with Gasteiger partial charge in [-0.2, -0.15) is 0 Å². The second-order valence-electron chi connectivity index (χ2n) is 3.67. The Morgan fingerprint density at radius 1 is 1.44 bits per heavy atom. The normalized spacial score (nSPS) is 12.6. The number of oxazole rings is 1. The van der Waals surface area contributed by atoms with Crippen molar-refractivity contribution in [2.75, 3.05) is 12.4 Å². The number of hydrogen-bond donors (Lipinski definition) is 1. The third-order valence-corrected chi connectivity index (χ3v) is 3.74. The van der Waals surface area contributed by atoms with Crippen molar-refractivity contribution in [3.63, 3.8) is 0 Å². The molecule has 0 amide bonds. The number of hydrogen-bond acceptors (Lipinski definition) is 4. The molecular weight excluding hydrogens is 274 g/mol. The molecule has 0 saturated carbocycles. The average molecular weight is 286 g/mol. The number of aliphatic hydroxyl groups is 1. The number of aromatic nitrogens is 1. The quantitative estimate of drug-likeness (QED) is 0.915. The lowest BCUT2D eigenvalue weighted by molar-refractivity contribution is 0.321. The molecule has 2 rings (SSSR count). The van der Waals surface area contributed by atoms with E-state index in [4.69, 9.17) is 21.1 Å². The standard InChI is InChI=1S/C12H12ClNO3S/c13-10-3-1-2-9(6-10)12-14-11(7-17-12)8-18(16)5-4-15/h1-3,6-7,15H,4-5,8H2. The zero-order valence-corrected chi connectivity index (χ0v) is 11.1. The van der Waals surface area contributed by atoms with Gasteiger partial charge < -0.3 is 9.52 Å². The first-order valence-corrected chi connectivity index (χ1v) is 7.22. The zero-order valence-electron chi connectivity index (χ0n) is 9.51. The van der Waals surface area contributed by atoms with E-state index in [1.54, 1.807) is 12.1 Å². The molecule has 1 aromatic heterocycles. The van der Waals surface area contributed by atoms with Crippen LogP contribution in [0.1, 0.15) is 5.69 Å². The van der Waals surface area contributed by atoms with Crippen molar-refractivity contribution >= 4 is 22.4 Å². The van der Waals surface area contributed by atoms with E-state index >= 15 is 0 Å². The van der Waals surface area contributed by atoms with E-state index in [1.807, 2.05) is 12.1 Å². The number of rotatable bonds is 5. The van der Waals surface area contributed by atoms with Crippen LogP contribution in [-0.2, 0) is 16.6 Å². The minimum absolute atomic E-state index is 0.0917. The first-order valence-electron chi connectivity index (χ1n) is 5.35. The summed E-state index contributed by atoms with van der Waals surface area (Å²) in [6.07, 6.45) is 1.48. The highest BCUT2D eigenvalue weighted by molar-refractivity contribution is 7.84. The fraction of sp³-hybridized carbons (Fsp3) is 0.250. The summed E-state index contributed by atoms with van der Waals surface area (Å²) in [6.45, 7) is -0.0917. The molecule has 1 heterocycles. The average Bonchev–Trinajstić information content (AvgIpc) is 2.78. The van der Waals surface area contributed by atoms with Crippen molar-refractivity contribution in [2.24, 2.45) is 0 Å². The molecule has 2 aromatic rings. The Balaban J connectivity index is 2.13. The molecule has 0 radical (unpaired) electrons. The third kappa shape index (κ3) is 3.41. The van der Waals surface area contributed by atoms with Gasteiger partial charge in [-0.05, 0) is 18.2 Å². The van der Waals surface area contributed by atoms with Crippen LogP contribution in [0.5, 0.6) is 0 Å². The van der Waals surface area contributed by atoms with Gasteiger partial charge in [0.25, 0.3) is 0 Å². The van der Waals surface area contributed by atoms with Crippen LogP contribution in [-0.4, -0.2) is 26.7 Å². The van der Waals surface area contributed by atoms with Crippen LogP contribution in [0.2, 0.25) is 5.02 Å². The summed E-state index contributed by atoms with van der Waals surface area (Å²) < 4.78 is 16.8. The van der Waals surface area contributed by atoms with Crippen LogP contribution < -0.4 is 0 Å². The summed E-state index contributed by atoms with van der Waals surface area (Å²) in [5, 5.41) is 9.28. The molecule has 0 aliphatic heterocycles. The van der Waals surface area contributed by atoms with Gasteiger partial charge in [-0.3, -0.25) is 4.21 Å². The molecule has 1 unspecified atom stereocenters. The van der Waals surface area contributed by atoms with Crippen molar-refractivity contribution in [3.05, 3.63) is 41.2 Å². The minimum Gasteiger partial charge on any atom is -0.444 e. The van der Waals surface area contributed by atoms with Gasteiger partial charge in [0, 0.05) is 27.1 Å². The third-order valence-electron chi connectivity index (χ3n) is 2.25. The molecule has 0 bridgehead atoms. The second kappa shape index (κ2) is 6.13. The van der Waals surface area contributed by atoms with E-state index < -0.39 is 10.8 Å². The number of aliphatic hydroxyl groups excluding tert-OH is 1. The first kappa shape index (κ1) is 13.3. The van der Waals surface area contributed by atoms with Crippen LogP contribution >= 0.6 is 11.6 Å². The van der Waals surface area contributed by atoms with Gasteiger partial charge in [0.1, 0.15) is 6.26 Å². The smallest absolute Gasteiger partial charge is 0.226 e. The summed E-state index contributed by atoms with van der Waals surface area (Å²) in [6, 6.07) is 7.17. The lowest BCUT2D eigenvalue weighted by Crippen LogP contribution is -2.04. The molecule has 0 aliphatic carbocycles. The van der Waals surface area contributed by atoms with Gasteiger partial charge in [-0.15, -0.1) is 0 Å². The van der Waals surface area contributed by atoms with Crippen LogP contribution in [0.25, 0.3) is 11.5 Å². The Kier molecular flexibility index (Phi) is 4.52. The molecule has 6 heteroatoms. The van der Waals surface area contributed by atoms with Crippen molar-refractivity contribution in [3.8, 4) is 11.5 Å². The lowest BCUT2D eigenvalue weighted by Gasteiger charge is -1.96. The largest absolute Gasteiger partial charge is 0.444 e. The van der Waals surface area contributed by atoms with Gasteiger partial charge in [-0.1, -0.05) is 17.7 Å². The SMILES string of the molecule is O=S(CCO)Cc1coc(-c2cccc(Cl)c2)n1. The van der Waals surface area contributed by atoms with Crippen molar-refractivity contribution in [2.45, 2.75) is 5.75 Å². The molecule has 1 atom stereocenters. The van der Waals surface area contributed by atoms with Gasteiger partial charge >= 0.3 is 0 Å². The van der Waals surface area contributed by atoms with Crippen LogP contribution in [0, 0.1) is 0 Å². The highest BCUT2D eigenvalue weighted by Crippen LogP contribution is 2.22. The lowest BCUT2D eigenvalue weighted by atomic mass is 10.2. The van der Waals surface area contributed by atoms with Gasteiger partial charge in [0.2, 0.25) is 5.89 Å². The molecule has 4 nitrogen and oxygen atoms in total. The van der Waals surface area contributed by atoms with Gasteiger partial charge in [0.15, 0.2) is 0 Å². The van der Waals surface area contributed by atoms with E-state index in [0.717, 1.165) is 5.56 Å². The van der Waals surface area contributed by atoms with Gasteiger partial charge in [0.05, 0.1) is 18.1 Å². The Bertz CT molecular complexity index is 556. The van der Waals surface area contributed by atoms with Crippen molar-refractivity contribution in [1.29, 1.82) is 0 Å². The monoisotopic (exact) mass is 285 g/mol. The van der Waals surface area contributed by atoms with E-state index in [2.05, 4.69) is 4.98 Å². The summed E-state index contributed by atoms with van der Waals surface area (Å²) in [5.41, 5.74) is 1.39. The molecule has 1 N–H and O–H groups in total. The Morgan fingerprint density at radius 2 is 2.28 bits per heavy atom. The topological polar surface area (TPSA) is 63.3 Å². The van der Waals surface area contributed by atoms with E-state index in [0.29, 0.717) is 16.6 Å². The summed E-state index contributed by atoms with van der Waals surface area (Å²) in [5.74, 6) is 0.984. The molecular formula is C12H12ClNO3S. The second-order valence-corrected chi connectivity index (χ2v) is 5.68. The maximum atomic E-state index is 11.5. The Labute approximate surface area is 112 Å². The molecule has 0 fully saturated rings. The molecule has 0 aliphatic rings. The maximum Gasteiger partial charge on any atom is 0.226 e. The summed E-state index contributed by atoms with van der Waals surface area (Å²) in [7, 11) is -1.12. The zero-order chi connectivity index (χ0) is 13.0. The van der Waals surface area contributed by atoms with Crippen LogP contribution in [0.3, 0.4) is 0 Å². The highest BCUT2D eigenvalue weighted by Gasteiger charge is 2.09. The van der Waals surface area contributed by atoms with E-state index in [-0.39, 0.29) is 18.1 Å². The molecule has 96 valence electrons. The molecule has 0 spiro atoms. The van der Waals surface area contributed by atoms with Crippen LogP contribution in [0.15, 0.2) is 34.9 Å². The fourth-order valence-electron chi connectivity index (χ4n) is 1.47. The van der Waals surface area contributed by atoms with Gasteiger partial charge in [-0.25, -0.2) is 4.98 Å². The predicted octanol–water partition coefficient (Wildman–Crippen LogP) is 2.24. The highest BCUT2D eigenvalue weighted by atomic mass is 35.5. The van der Waals surface area contributed by atoms with Crippen molar-refractivity contribution < 1.29 is 13.7 Å². The van der Waals surface area contributed by atoms with E-state index in [9.17, 15) is 4.21 Å². The number of benzene rings is 1. The van der Waals surface area contributed by atoms with Crippen LogP contribution in [0.4, 0.5) is 0 Å².